The lowest BCUT2D eigenvalue weighted by Gasteiger charge is -2.29. The molecule has 5 atom stereocenters. The molecule has 0 aromatic rings. The van der Waals surface area contributed by atoms with Crippen LogP contribution in [0.3, 0.4) is 0 Å². The van der Waals surface area contributed by atoms with Gasteiger partial charge in [-0.3, -0.25) is 0 Å². The average molecular weight is 226 g/mol. The Labute approximate surface area is 97.3 Å². The number of rotatable bonds is 4. The van der Waals surface area contributed by atoms with Crippen molar-refractivity contribution in [1.82, 2.24) is 0 Å². The number of hydrogen-bond acceptors (Lipinski definition) is 4. The largest absolute Gasteiger partial charge is 0.440 e. The predicted molar refractivity (Wildman–Crippen MR) is 62.4 cm³/mol. The number of aliphatic hydroxyl groups excluding tert-OH is 2. The Morgan fingerprint density at radius 3 is 2.50 bits per heavy atom. The number of hydrogen-bond donors (Lipinski definition) is 2. The summed E-state index contributed by atoms with van der Waals surface area (Å²) < 4.78 is 10.7. The van der Waals surface area contributed by atoms with Crippen LogP contribution in [0.25, 0.3) is 0 Å². The van der Waals surface area contributed by atoms with Gasteiger partial charge >= 0.3 is 0 Å². The summed E-state index contributed by atoms with van der Waals surface area (Å²) in [6, 6.07) is -0.355. The molecule has 5 heteroatoms. The van der Waals surface area contributed by atoms with Gasteiger partial charge in [-0.05, 0) is 13.3 Å². The summed E-state index contributed by atoms with van der Waals surface area (Å²) in [5.74, 6) is 0. The van der Waals surface area contributed by atoms with E-state index in [0.717, 1.165) is 0 Å². The standard InChI is InChI=1S/C11H19BO4/c1-4-11(3,15-5-2)6-7-8(13)9(14)10(12)16-7/h2,7-10,13-14H,4,6,12H2,1,3H3. The van der Waals surface area contributed by atoms with Crippen LogP contribution in [0.1, 0.15) is 26.7 Å². The van der Waals surface area contributed by atoms with Gasteiger partial charge in [0, 0.05) is 6.42 Å². The number of ether oxygens (including phenoxy) is 2. The molecule has 1 aliphatic rings. The summed E-state index contributed by atoms with van der Waals surface area (Å²) in [6.07, 6.45) is 6.35. The van der Waals surface area contributed by atoms with Crippen LogP contribution in [0.15, 0.2) is 0 Å². The van der Waals surface area contributed by atoms with Crippen molar-refractivity contribution in [2.24, 2.45) is 0 Å². The minimum Gasteiger partial charge on any atom is -0.440 e. The van der Waals surface area contributed by atoms with Gasteiger partial charge in [-0.1, -0.05) is 13.3 Å². The lowest BCUT2D eigenvalue weighted by atomic mass is 9.89. The summed E-state index contributed by atoms with van der Waals surface area (Å²) in [5, 5.41) is 19.4. The van der Waals surface area contributed by atoms with Crippen molar-refractivity contribution in [3.05, 3.63) is 0 Å². The molecule has 0 aromatic heterocycles. The Morgan fingerprint density at radius 1 is 1.50 bits per heavy atom. The molecule has 0 aromatic carbocycles. The highest BCUT2D eigenvalue weighted by molar-refractivity contribution is 6.11. The van der Waals surface area contributed by atoms with Crippen molar-refractivity contribution >= 4 is 7.85 Å². The summed E-state index contributed by atoms with van der Waals surface area (Å²) in [6.45, 7) is 3.83. The summed E-state index contributed by atoms with van der Waals surface area (Å²) in [4.78, 5) is 0. The van der Waals surface area contributed by atoms with Gasteiger partial charge in [0.1, 0.15) is 31.8 Å². The predicted octanol–water partition coefficient (Wildman–Crippen LogP) is -0.768. The molecule has 5 unspecified atom stereocenters. The van der Waals surface area contributed by atoms with Crippen molar-refractivity contribution in [2.75, 3.05) is 0 Å². The van der Waals surface area contributed by atoms with Crippen LogP contribution in [0.2, 0.25) is 0 Å². The fourth-order valence-corrected chi connectivity index (χ4v) is 1.93. The van der Waals surface area contributed by atoms with E-state index in [0.29, 0.717) is 12.8 Å². The zero-order chi connectivity index (χ0) is 12.3. The summed E-state index contributed by atoms with van der Waals surface area (Å²) in [7, 11) is 1.74. The van der Waals surface area contributed by atoms with Crippen LogP contribution in [-0.2, 0) is 9.47 Å². The molecular weight excluding hydrogens is 207 g/mol. The monoisotopic (exact) mass is 226 g/mol. The van der Waals surface area contributed by atoms with Crippen molar-refractivity contribution in [2.45, 2.75) is 56.6 Å². The SMILES string of the molecule is BC1OC(CC(C)(CC)OC#C)C(O)C1O. The first-order valence-electron chi connectivity index (χ1n) is 5.58. The molecule has 1 fully saturated rings. The van der Waals surface area contributed by atoms with Gasteiger partial charge in [0.05, 0.1) is 12.1 Å². The molecular formula is C11H19BO4. The molecule has 2 N–H and O–H groups in total. The third kappa shape index (κ3) is 2.70. The second-order valence-corrected chi connectivity index (χ2v) is 4.59. The molecule has 90 valence electrons. The van der Waals surface area contributed by atoms with E-state index in [1.165, 1.54) is 0 Å². The topological polar surface area (TPSA) is 58.9 Å². The van der Waals surface area contributed by atoms with Gasteiger partial charge in [0.25, 0.3) is 0 Å². The Hall–Kier alpha value is -0.695. The number of aliphatic hydroxyl groups is 2. The molecule has 0 amide bonds. The Morgan fingerprint density at radius 2 is 2.12 bits per heavy atom. The summed E-state index contributed by atoms with van der Waals surface area (Å²) >= 11 is 0. The molecule has 0 spiro atoms. The maximum atomic E-state index is 9.77. The first kappa shape index (κ1) is 13.4. The second kappa shape index (κ2) is 5.09. The smallest absolute Gasteiger partial charge is 0.142 e. The van der Waals surface area contributed by atoms with E-state index in [-0.39, 0.29) is 6.00 Å². The minimum atomic E-state index is -0.873. The van der Waals surface area contributed by atoms with E-state index in [9.17, 15) is 10.2 Å². The van der Waals surface area contributed by atoms with Crippen LogP contribution in [0, 0.1) is 12.5 Å². The van der Waals surface area contributed by atoms with Crippen LogP contribution >= 0.6 is 0 Å². The van der Waals surface area contributed by atoms with Gasteiger partial charge in [-0.25, -0.2) is 0 Å². The van der Waals surface area contributed by atoms with E-state index < -0.39 is 23.9 Å². The van der Waals surface area contributed by atoms with Gasteiger partial charge in [0.15, 0.2) is 0 Å². The first-order chi connectivity index (χ1) is 7.43. The zero-order valence-electron chi connectivity index (χ0n) is 10.0. The molecule has 4 nitrogen and oxygen atoms in total. The molecule has 16 heavy (non-hydrogen) atoms. The van der Waals surface area contributed by atoms with Gasteiger partial charge in [-0.2, -0.15) is 0 Å². The molecule has 0 bridgehead atoms. The molecule has 0 radical (unpaired) electrons. The third-order valence-corrected chi connectivity index (χ3v) is 3.29. The highest BCUT2D eigenvalue weighted by Crippen LogP contribution is 2.30. The lowest BCUT2D eigenvalue weighted by Crippen LogP contribution is -2.38. The van der Waals surface area contributed by atoms with E-state index >= 15 is 0 Å². The second-order valence-electron chi connectivity index (χ2n) is 4.59. The maximum absolute atomic E-state index is 9.77. The van der Waals surface area contributed by atoms with Gasteiger partial charge < -0.3 is 19.7 Å². The van der Waals surface area contributed by atoms with Crippen LogP contribution in [0.4, 0.5) is 0 Å². The highest BCUT2D eigenvalue weighted by atomic mass is 16.5. The maximum Gasteiger partial charge on any atom is 0.142 e. The number of terminal acetylenes is 1. The molecule has 0 saturated carbocycles. The van der Waals surface area contributed by atoms with Crippen molar-refractivity contribution in [3.8, 4) is 12.5 Å². The van der Waals surface area contributed by atoms with Crippen LogP contribution in [-0.4, -0.2) is 48.0 Å². The first-order valence-corrected chi connectivity index (χ1v) is 5.58. The molecule has 1 aliphatic heterocycles. The van der Waals surface area contributed by atoms with Gasteiger partial charge in [0.2, 0.25) is 0 Å². The molecule has 1 saturated heterocycles. The molecule has 1 heterocycles. The zero-order valence-corrected chi connectivity index (χ0v) is 10.0. The van der Waals surface area contributed by atoms with Crippen LogP contribution < -0.4 is 0 Å². The molecule has 0 aliphatic carbocycles. The Kier molecular flexibility index (Phi) is 4.25. The van der Waals surface area contributed by atoms with E-state index in [1.807, 2.05) is 13.8 Å². The van der Waals surface area contributed by atoms with Crippen molar-refractivity contribution < 1.29 is 19.7 Å². The normalized spacial score (nSPS) is 37.7. The van der Waals surface area contributed by atoms with Gasteiger partial charge in [-0.15, -0.1) is 0 Å². The summed E-state index contributed by atoms with van der Waals surface area (Å²) in [5.41, 5.74) is -0.524. The van der Waals surface area contributed by atoms with Crippen molar-refractivity contribution in [1.29, 1.82) is 0 Å². The van der Waals surface area contributed by atoms with Crippen molar-refractivity contribution in [3.63, 3.8) is 0 Å². The lowest BCUT2D eigenvalue weighted by molar-refractivity contribution is -0.0443. The quantitative estimate of drug-likeness (QED) is 0.488. The van der Waals surface area contributed by atoms with E-state index in [2.05, 4.69) is 6.11 Å². The average Bonchev–Trinajstić information content (AvgIpc) is 2.47. The third-order valence-electron chi connectivity index (χ3n) is 3.29. The minimum absolute atomic E-state index is 0.355. The fraction of sp³-hybridized carbons (Fsp3) is 0.818. The Balaban J connectivity index is 2.64. The molecule has 1 rings (SSSR count). The van der Waals surface area contributed by atoms with E-state index in [4.69, 9.17) is 15.9 Å². The highest BCUT2D eigenvalue weighted by Gasteiger charge is 2.43. The van der Waals surface area contributed by atoms with Crippen LogP contribution in [0.5, 0.6) is 0 Å². The van der Waals surface area contributed by atoms with E-state index in [1.54, 1.807) is 7.85 Å². The fourth-order valence-electron chi connectivity index (χ4n) is 1.93. The Bertz CT molecular complexity index is 278.